The second-order valence-corrected chi connectivity index (χ2v) is 6.15. The van der Waals surface area contributed by atoms with Gasteiger partial charge in [-0.05, 0) is 29.8 Å². The topological polar surface area (TPSA) is 98.7 Å². The summed E-state index contributed by atoms with van der Waals surface area (Å²) in [6.07, 6.45) is 1.63. The van der Waals surface area contributed by atoms with Crippen LogP contribution >= 0.6 is 11.6 Å². The molecule has 8 nitrogen and oxygen atoms in total. The van der Waals surface area contributed by atoms with Crippen molar-refractivity contribution in [3.63, 3.8) is 0 Å². The minimum Gasteiger partial charge on any atom is -0.344 e. The molecule has 0 aliphatic heterocycles. The van der Waals surface area contributed by atoms with E-state index in [0.29, 0.717) is 11.3 Å². The predicted molar refractivity (Wildman–Crippen MR) is 97.2 cm³/mol. The lowest BCUT2D eigenvalue weighted by Crippen LogP contribution is -2.23. The third-order valence-corrected chi connectivity index (χ3v) is 4.09. The van der Waals surface area contributed by atoms with Crippen molar-refractivity contribution in [3.8, 4) is 17.2 Å². The van der Waals surface area contributed by atoms with Gasteiger partial charge in [-0.25, -0.2) is 9.07 Å². The van der Waals surface area contributed by atoms with Gasteiger partial charge in [0.05, 0.1) is 16.9 Å². The highest BCUT2D eigenvalue weighted by Gasteiger charge is 2.18. The normalized spacial score (nSPS) is 10.8. The standard InChI is InChI=1S/C18H12ClFN6O2/c19-13-8-11(6-7-14(13)20)9-21-17(27)18-22-16(24-28-18)15-10-26(25-23-15)12-4-2-1-3-5-12/h1-8,10H,9H2,(H,21,27). The van der Waals surface area contributed by atoms with Crippen LogP contribution in [0.15, 0.2) is 59.3 Å². The number of nitrogens with zero attached hydrogens (tertiary/aromatic N) is 5. The van der Waals surface area contributed by atoms with Crippen molar-refractivity contribution in [3.05, 3.63) is 77.0 Å². The van der Waals surface area contributed by atoms with Gasteiger partial charge < -0.3 is 9.84 Å². The third-order valence-electron chi connectivity index (χ3n) is 3.80. The molecule has 1 amide bonds. The average Bonchev–Trinajstić information content (AvgIpc) is 3.39. The van der Waals surface area contributed by atoms with E-state index in [2.05, 4.69) is 25.8 Å². The second-order valence-electron chi connectivity index (χ2n) is 5.74. The first-order valence-corrected chi connectivity index (χ1v) is 8.52. The summed E-state index contributed by atoms with van der Waals surface area (Å²) in [4.78, 5) is 16.2. The van der Waals surface area contributed by atoms with Gasteiger partial charge in [-0.15, -0.1) is 5.10 Å². The highest BCUT2D eigenvalue weighted by Crippen LogP contribution is 2.17. The summed E-state index contributed by atoms with van der Waals surface area (Å²) < 4.78 is 19.7. The van der Waals surface area contributed by atoms with Crippen molar-refractivity contribution in [2.75, 3.05) is 0 Å². The van der Waals surface area contributed by atoms with Crippen LogP contribution in [-0.4, -0.2) is 31.0 Å². The van der Waals surface area contributed by atoms with Crippen molar-refractivity contribution < 1.29 is 13.7 Å². The number of amides is 1. The minimum atomic E-state index is -0.574. The molecule has 0 spiro atoms. The molecule has 2 aromatic carbocycles. The van der Waals surface area contributed by atoms with E-state index in [-0.39, 0.29) is 23.3 Å². The smallest absolute Gasteiger partial charge is 0.316 e. The Labute approximate surface area is 162 Å². The van der Waals surface area contributed by atoms with E-state index in [4.69, 9.17) is 16.1 Å². The quantitative estimate of drug-likeness (QED) is 0.554. The van der Waals surface area contributed by atoms with Crippen LogP contribution in [0.5, 0.6) is 0 Å². The maximum absolute atomic E-state index is 13.2. The number of hydrogen-bond donors (Lipinski definition) is 1. The molecule has 2 heterocycles. The van der Waals surface area contributed by atoms with Crippen molar-refractivity contribution in [1.29, 1.82) is 0 Å². The summed E-state index contributed by atoms with van der Waals surface area (Å²) in [6, 6.07) is 13.6. The Morgan fingerprint density at radius 1 is 1.21 bits per heavy atom. The molecule has 2 aromatic heterocycles. The third kappa shape index (κ3) is 3.74. The number of carbonyl (C=O) groups excluding carboxylic acids is 1. The molecule has 0 aliphatic rings. The number of aromatic nitrogens is 5. The largest absolute Gasteiger partial charge is 0.344 e. The minimum absolute atomic E-state index is 0.0201. The molecule has 0 fully saturated rings. The molecular weight excluding hydrogens is 387 g/mol. The fourth-order valence-electron chi connectivity index (χ4n) is 2.40. The lowest BCUT2D eigenvalue weighted by Gasteiger charge is -2.03. The molecule has 0 aliphatic carbocycles. The van der Waals surface area contributed by atoms with Gasteiger partial charge in [0.15, 0.2) is 5.69 Å². The first kappa shape index (κ1) is 17.8. The molecule has 4 aromatic rings. The van der Waals surface area contributed by atoms with E-state index in [0.717, 1.165) is 5.69 Å². The molecule has 0 bridgehead atoms. The van der Waals surface area contributed by atoms with E-state index in [1.54, 1.807) is 10.9 Å². The summed E-state index contributed by atoms with van der Waals surface area (Å²) in [5.41, 5.74) is 1.81. The number of hydrogen-bond acceptors (Lipinski definition) is 6. The first-order valence-electron chi connectivity index (χ1n) is 8.14. The molecule has 0 saturated carbocycles. The maximum Gasteiger partial charge on any atom is 0.316 e. The van der Waals surface area contributed by atoms with Gasteiger partial charge >= 0.3 is 11.8 Å². The summed E-state index contributed by atoms with van der Waals surface area (Å²) in [5.74, 6) is -1.19. The van der Waals surface area contributed by atoms with Crippen molar-refractivity contribution in [2.45, 2.75) is 6.54 Å². The number of halogens is 2. The molecule has 0 saturated heterocycles. The van der Waals surface area contributed by atoms with Gasteiger partial charge in [0.1, 0.15) is 5.82 Å². The summed E-state index contributed by atoms with van der Waals surface area (Å²) in [5, 5.41) is 14.3. The zero-order valence-electron chi connectivity index (χ0n) is 14.2. The molecule has 28 heavy (non-hydrogen) atoms. The van der Waals surface area contributed by atoms with Crippen LogP contribution in [0.2, 0.25) is 5.02 Å². The van der Waals surface area contributed by atoms with Crippen molar-refractivity contribution in [2.24, 2.45) is 0 Å². The molecule has 0 atom stereocenters. The molecule has 0 unspecified atom stereocenters. The van der Waals surface area contributed by atoms with Crippen LogP contribution < -0.4 is 5.32 Å². The SMILES string of the molecule is O=C(NCc1ccc(F)c(Cl)c1)c1nc(-c2cn(-c3ccccc3)nn2)no1. The molecule has 140 valence electrons. The number of para-hydroxylation sites is 1. The summed E-state index contributed by atoms with van der Waals surface area (Å²) in [7, 11) is 0. The molecule has 1 N–H and O–H groups in total. The fourth-order valence-corrected chi connectivity index (χ4v) is 2.60. The Balaban J connectivity index is 1.44. The van der Waals surface area contributed by atoms with E-state index in [1.165, 1.54) is 18.2 Å². The highest BCUT2D eigenvalue weighted by molar-refractivity contribution is 6.30. The maximum atomic E-state index is 13.2. The monoisotopic (exact) mass is 398 g/mol. The van der Waals surface area contributed by atoms with Crippen LogP contribution in [-0.2, 0) is 6.54 Å². The number of nitrogens with one attached hydrogen (secondary N) is 1. The zero-order valence-corrected chi connectivity index (χ0v) is 15.0. The number of benzene rings is 2. The summed E-state index contributed by atoms with van der Waals surface area (Å²) in [6.45, 7) is 0.126. The van der Waals surface area contributed by atoms with Crippen molar-refractivity contribution >= 4 is 17.5 Å². The first-order chi connectivity index (χ1) is 13.6. The lowest BCUT2D eigenvalue weighted by molar-refractivity contribution is 0.0907. The van der Waals surface area contributed by atoms with Crippen LogP contribution in [0.25, 0.3) is 17.2 Å². The fraction of sp³-hybridized carbons (Fsp3) is 0.0556. The Morgan fingerprint density at radius 2 is 2.04 bits per heavy atom. The Kier molecular flexibility index (Phi) is 4.81. The predicted octanol–water partition coefficient (Wildman–Crippen LogP) is 3.04. The van der Waals surface area contributed by atoms with E-state index >= 15 is 0 Å². The van der Waals surface area contributed by atoms with Gasteiger partial charge in [-0.1, -0.05) is 46.2 Å². The summed E-state index contributed by atoms with van der Waals surface area (Å²) >= 11 is 5.72. The molecule has 0 radical (unpaired) electrons. The van der Waals surface area contributed by atoms with Crippen molar-refractivity contribution in [1.82, 2.24) is 30.5 Å². The zero-order chi connectivity index (χ0) is 19.5. The van der Waals surface area contributed by atoms with Gasteiger partial charge in [-0.3, -0.25) is 4.79 Å². The average molecular weight is 399 g/mol. The highest BCUT2D eigenvalue weighted by atomic mass is 35.5. The Hall–Kier alpha value is -3.59. The van der Waals surface area contributed by atoms with Gasteiger partial charge in [-0.2, -0.15) is 4.98 Å². The van der Waals surface area contributed by atoms with E-state index in [1.807, 2.05) is 30.3 Å². The van der Waals surface area contributed by atoms with Crippen LogP contribution in [0, 0.1) is 5.82 Å². The van der Waals surface area contributed by atoms with Crippen LogP contribution in [0.1, 0.15) is 16.2 Å². The van der Waals surface area contributed by atoms with Crippen LogP contribution in [0.4, 0.5) is 4.39 Å². The molecule has 10 heteroatoms. The van der Waals surface area contributed by atoms with Gasteiger partial charge in [0.25, 0.3) is 0 Å². The number of carbonyl (C=O) groups is 1. The van der Waals surface area contributed by atoms with Gasteiger partial charge in [0.2, 0.25) is 5.82 Å². The Morgan fingerprint density at radius 3 is 2.82 bits per heavy atom. The van der Waals surface area contributed by atoms with Crippen LogP contribution in [0.3, 0.4) is 0 Å². The van der Waals surface area contributed by atoms with Gasteiger partial charge in [0, 0.05) is 6.54 Å². The Bertz CT molecular complexity index is 1130. The van der Waals surface area contributed by atoms with E-state index < -0.39 is 11.7 Å². The molecule has 4 rings (SSSR count). The number of rotatable bonds is 5. The second kappa shape index (κ2) is 7.57. The van der Waals surface area contributed by atoms with E-state index in [9.17, 15) is 9.18 Å². The lowest BCUT2D eigenvalue weighted by atomic mass is 10.2. The molecular formula is C18H12ClFN6O2.